The summed E-state index contributed by atoms with van der Waals surface area (Å²) in [5.41, 5.74) is 0.714. The second kappa shape index (κ2) is 6.30. The molecule has 1 N–H and O–H groups in total. The number of benzene rings is 2. The highest BCUT2D eigenvalue weighted by Crippen LogP contribution is 2.24. The van der Waals surface area contributed by atoms with Crippen molar-refractivity contribution in [1.82, 2.24) is 9.97 Å². The molecule has 0 aliphatic carbocycles. The van der Waals surface area contributed by atoms with Gasteiger partial charge in [0.1, 0.15) is 17.2 Å². The third kappa shape index (κ3) is 3.25. The second-order valence-corrected chi connectivity index (χ2v) is 4.82. The summed E-state index contributed by atoms with van der Waals surface area (Å²) in [6.07, 6.45) is 2.59. The van der Waals surface area contributed by atoms with Crippen molar-refractivity contribution < 1.29 is 14.6 Å². The van der Waals surface area contributed by atoms with Gasteiger partial charge in [0.2, 0.25) is 0 Å². The molecule has 1 aromatic heterocycles. The molecule has 0 fully saturated rings. The largest absolute Gasteiger partial charge is 0.508 e. The Bertz CT molecular complexity index is 772. The van der Waals surface area contributed by atoms with Gasteiger partial charge in [-0.2, -0.15) is 4.98 Å². The molecule has 0 spiro atoms. The molecule has 0 amide bonds. The first-order chi connectivity index (χ1) is 10.7. The molecule has 112 valence electrons. The fraction of sp³-hybridized carbons (Fsp3) is 0.176. The zero-order valence-electron chi connectivity index (χ0n) is 12.2. The lowest BCUT2D eigenvalue weighted by Gasteiger charge is -2.07. The lowest BCUT2D eigenvalue weighted by Crippen LogP contribution is -1.95. The molecule has 5 nitrogen and oxygen atoms in total. The van der Waals surface area contributed by atoms with E-state index in [1.807, 2.05) is 24.3 Å². The first-order valence-corrected chi connectivity index (χ1v) is 7.11. The van der Waals surface area contributed by atoms with Crippen molar-refractivity contribution in [3.63, 3.8) is 0 Å². The van der Waals surface area contributed by atoms with E-state index < -0.39 is 0 Å². The third-order valence-corrected chi connectivity index (χ3v) is 3.05. The smallest absolute Gasteiger partial charge is 0.322 e. The first kappa shape index (κ1) is 14.1. The van der Waals surface area contributed by atoms with Crippen LogP contribution in [0.4, 0.5) is 0 Å². The molecule has 1 heterocycles. The van der Waals surface area contributed by atoms with Crippen molar-refractivity contribution in [2.75, 3.05) is 6.61 Å². The van der Waals surface area contributed by atoms with Crippen LogP contribution in [0.15, 0.2) is 48.7 Å². The molecule has 0 radical (unpaired) electrons. The van der Waals surface area contributed by atoms with Crippen LogP contribution in [0.1, 0.15) is 13.3 Å². The topological polar surface area (TPSA) is 64.5 Å². The van der Waals surface area contributed by atoms with Gasteiger partial charge in [-0.3, -0.25) is 0 Å². The molecule has 3 rings (SSSR count). The number of nitrogens with zero attached hydrogens (tertiary/aromatic N) is 2. The molecular weight excluding hydrogens is 280 g/mol. The van der Waals surface area contributed by atoms with Crippen molar-refractivity contribution in [1.29, 1.82) is 0 Å². The van der Waals surface area contributed by atoms with Crippen molar-refractivity contribution in [3.05, 3.63) is 48.7 Å². The normalized spacial score (nSPS) is 10.6. The summed E-state index contributed by atoms with van der Waals surface area (Å²) in [6.45, 7) is 2.76. The highest BCUT2D eigenvalue weighted by Gasteiger charge is 2.04. The molecule has 0 unspecified atom stereocenters. The van der Waals surface area contributed by atoms with E-state index in [-0.39, 0.29) is 11.8 Å². The Kier molecular flexibility index (Phi) is 4.05. The van der Waals surface area contributed by atoms with Gasteiger partial charge in [0.25, 0.3) is 0 Å². The Morgan fingerprint density at radius 1 is 1.05 bits per heavy atom. The van der Waals surface area contributed by atoms with Crippen molar-refractivity contribution >= 4 is 10.9 Å². The number of aromatic hydroxyl groups is 1. The van der Waals surface area contributed by atoms with Gasteiger partial charge in [-0.15, -0.1) is 0 Å². The highest BCUT2D eigenvalue weighted by atomic mass is 16.5. The van der Waals surface area contributed by atoms with E-state index in [0.717, 1.165) is 17.6 Å². The van der Waals surface area contributed by atoms with Crippen molar-refractivity contribution in [2.24, 2.45) is 0 Å². The maximum Gasteiger partial charge on any atom is 0.322 e. The van der Waals surface area contributed by atoms with Crippen LogP contribution in [0.25, 0.3) is 10.9 Å². The van der Waals surface area contributed by atoms with Gasteiger partial charge >= 0.3 is 6.01 Å². The molecule has 0 saturated carbocycles. The molecule has 3 aromatic rings. The molecule has 0 aliphatic rings. The number of hydrogen-bond acceptors (Lipinski definition) is 5. The fourth-order valence-corrected chi connectivity index (χ4v) is 1.98. The average Bonchev–Trinajstić information content (AvgIpc) is 2.54. The minimum Gasteiger partial charge on any atom is -0.508 e. The van der Waals surface area contributed by atoms with Gasteiger partial charge in [0.15, 0.2) is 0 Å². The molecule has 0 bridgehead atoms. The number of phenols is 1. The average molecular weight is 296 g/mol. The Balaban J connectivity index is 1.76. The van der Waals surface area contributed by atoms with Gasteiger partial charge in [0.05, 0.1) is 12.1 Å². The van der Waals surface area contributed by atoms with Gasteiger partial charge < -0.3 is 14.6 Å². The quantitative estimate of drug-likeness (QED) is 0.773. The monoisotopic (exact) mass is 296 g/mol. The summed E-state index contributed by atoms with van der Waals surface area (Å²) in [5.74, 6) is 1.64. The number of ether oxygens (including phenoxy) is 2. The van der Waals surface area contributed by atoms with E-state index >= 15 is 0 Å². The van der Waals surface area contributed by atoms with Gasteiger partial charge in [0, 0.05) is 11.6 Å². The van der Waals surface area contributed by atoms with Crippen LogP contribution in [0.3, 0.4) is 0 Å². The summed E-state index contributed by atoms with van der Waals surface area (Å²) < 4.78 is 11.2. The second-order valence-electron chi connectivity index (χ2n) is 4.82. The minimum atomic E-state index is 0.187. The summed E-state index contributed by atoms with van der Waals surface area (Å²) in [5, 5.41) is 10.2. The fourth-order valence-electron chi connectivity index (χ4n) is 1.98. The molecule has 0 atom stereocenters. The summed E-state index contributed by atoms with van der Waals surface area (Å²) in [7, 11) is 0. The van der Waals surface area contributed by atoms with Crippen LogP contribution in [-0.2, 0) is 0 Å². The number of phenolic OH excluding ortho intramolecular Hbond substituents is 1. The number of aromatic nitrogens is 2. The van der Waals surface area contributed by atoms with E-state index in [2.05, 4.69) is 16.9 Å². The van der Waals surface area contributed by atoms with Crippen LogP contribution < -0.4 is 9.47 Å². The summed E-state index contributed by atoms with van der Waals surface area (Å²) in [4.78, 5) is 8.45. The number of fused-ring (bicyclic) bond motifs is 1. The van der Waals surface area contributed by atoms with E-state index in [1.165, 1.54) is 0 Å². The molecule has 22 heavy (non-hydrogen) atoms. The maximum atomic E-state index is 9.42. The van der Waals surface area contributed by atoms with Gasteiger partial charge in [-0.05, 0) is 48.9 Å². The van der Waals surface area contributed by atoms with Crippen molar-refractivity contribution in [2.45, 2.75) is 13.3 Å². The lowest BCUT2D eigenvalue weighted by atomic mass is 10.2. The Hall–Kier alpha value is -2.82. The SMILES string of the molecule is CCCOc1ccc(Oc2ncc3cc(O)ccc3n2)cc1. The molecule has 0 aliphatic heterocycles. The molecule has 0 saturated heterocycles. The van der Waals surface area contributed by atoms with E-state index in [0.29, 0.717) is 17.9 Å². The van der Waals surface area contributed by atoms with E-state index in [9.17, 15) is 5.11 Å². The van der Waals surface area contributed by atoms with Crippen LogP contribution in [0.2, 0.25) is 0 Å². The van der Waals surface area contributed by atoms with Crippen LogP contribution >= 0.6 is 0 Å². The Morgan fingerprint density at radius 2 is 1.82 bits per heavy atom. The summed E-state index contributed by atoms with van der Waals surface area (Å²) in [6, 6.07) is 12.5. The highest BCUT2D eigenvalue weighted by molar-refractivity contribution is 5.79. The zero-order valence-corrected chi connectivity index (χ0v) is 12.2. The van der Waals surface area contributed by atoms with Crippen LogP contribution in [-0.4, -0.2) is 21.7 Å². The molecule has 5 heteroatoms. The minimum absolute atomic E-state index is 0.187. The standard InChI is InChI=1S/C17H16N2O3/c1-2-9-21-14-4-6-15(7-5-14)22-17-18-11-12-10-13(20)3-8-16(12)19-17/h3-8,10-11,20H,2,9H2,1H3. The van der Waals surface area contributed by atoms with Crippen LogP contribution in [0.5, 0.6) is 23.3 Å². The molecule has 2 aromatic carbocycles. The third-order valence-electron chi connectivity index (χ3n) is 3.05. The van der Waals surface area contributed by atoms with E-state index in [4.69, 9.17) is 9.47 Å². The first-order valence-electron chi connectivity index (χ1n) is 7.11. The predicted molar refractivity (Wildman–Crippen MR) is 83.5 cm³/mol. The van der Waals surface area contributed by atoms with Crippen LogP contribution in [0, 0.1) is 0 Å². The maximum absolute atomic E-state index is 9.42. The Morgan fingerprint density at radius 3 is 2.59 bits per heavy atom. The van der Waals surface area contributed by atoms with Gasteiger partial charge in [-0.1, -0.05) is 6.92 Å². The molecular formula is C17H16N2O3. The summed E-state index contributed by atoms with van der Waals surface area (Å²) >= 11 is 0. The van der Waals surface area contributed by atoms with E-state index in [1.54, 1.807) is 24.4 Å². The predicted octanol–water partition coefficient (Wildman–Crippen LogP) is 3.92. The van der Waals surface area contributed by atoms with Gasteiger partial charge in [-0.25, -0.2) is 4.98 Å². The number of rotatable bonds is 5. The van der Waals surface area contributed by atoms with Crippen molar-refractivity contribution in [3.8, 4) is 23.3 Å². The number of hydrogen-bond donors (Lipinski definition) is 1. The lowest BCUT2D eigenvalue weighted by molar-refractivity contribution is 0.317. The zero-order chi connectivity index (χ0) is 15.4. The Labute approximate surface area is 128 Å².